The molecular weight excluding hydrogens is 266 g/mol. The molecule has 98 valence electrons. The van der Waals surface area contributed by atoms with Crippen molar-refractivity contribution in [1.82, 2.24) is 14.9 Å². The topological polar surface area (TPSA) is 109 Å². The summed E-state index contributed by atoms with van der Waals surface area (Å²) in [5.74, 6) is -0.247. The van der Waals surface area contributed by atoms with Gasteiger partial charge in [0.1, 0.15) is 14.7 Å². The third kappa shape index (κ3) is 4.10. The molecule has 1 aromatic rings. The van der Waals surface area contributed by atoms with E-state index in [1.165, 1.54) is 13.1 Å². The molecule has 0 aliphatic rings. The van der Waals surface area contributed by atoms with Gasteiger partial charge in [0.25, 0.3) is 0 Å². The van der Waals surface area contributed by atoms with E-state index in [2.05, 4.69) is 14.9 Å². The number of nitrogens with zero attached hydrogens (tertiary/aromatic N) is 1. The summed E-state index contributed by atoms with van der Waals surface area (Å²) in [6, 6.07) is -0.690. The van der Waals surface area contributed by atoms with Crippen LogP contribution in [0.15, 0.2) is 11.1 Å². The maximum absolute atomic E-state index is 11.8. The van der Waals surface area contributed by atoms with Crippen molar-refractivity contribution >= 4 is 19.9 Å². The lowest BCUT2D eigenvalue weighted by molar-refractivity contribution is 0.564. The van der Waals surface area contributed by atoms with Gasteiger partial charge < -0.3 is 0 Å². The Morgan fingerprint density at radius 1 is 1.41 bits per heavy atom. The molecule has 1 aromatic heterocycles. The third-order valence-electron chi connectivity index (χ3n) is 1.98. The largest absolute Gasteiger partial charge is 0.281 e. The number of aromatic amines is 1. The lowest BCUT2D eigenvalue weighted by Gasteiger charge is -2.12. The van der Waals surface area contributed by atoms with Gasteiger partial charge in [-0.25, -0.2) is 21.6 Å². The molecule has 17 heavy (non-hydrogen) atoms. The highest BCUT2D eigenvalue weighted by molar-refractivity contribution is 7.91. The summed E-state index contributed by atoms with van der Waals surface area (Å²) >= 11 is 0. The van der Waals surface area contributed by atoms with Crippen molar-refractivity contribution in [3.05, 3.63) is 11.9 Å². The molecule has 1 atom stereocenters. The Labute approximate surface area is 101 Å². The summed E-state index contributed by atoms with van der Waals surface area (Å²) < 4.78 is 48.0. The Morgan fingerprint density at radius 3 is 2.41 bits per heavy atom. The molecule has 9 heteroatoms. The quantitative estimate of drug-likeness (QED) is 0.751. The van der Waals surface area contributed by atoms with Crippen LogP contribution in [0.1, 0.15) is 12.6 Å². The molecule has 0 fully saturated rings. The fraction of sp³-hybridized carbons (Fsp3) is 0.625. The first-order chi connectivity index (χ1) is 7.62. The Hall–Kier alpha value is -0.930. The first kappa shape index (κ1) is 14.1. The summed E-state index contributed by atoms with van der Waals surface area (Å²) in [6.45, 7) is 3.07. The smallest absolute Gasteiger partial charge is 0.244 e. The maximum atomic E-state index is 11.8. The fourth-order valence-corrected chi connectivity index (χ4v) is 3.90. The number of hydrogen-bond acceptors (Lipinski definition) is 5. The molecule has 0 aliphatic carbocycles. The molecule has 2 N–H and O–H groups in total. The standard InChI is InChI=1S/C8H15N3O4S2/c1-6(5-16(3,12)13)11-17(14,15)8-4-9-10-7(8)2/h4,6,11H,5H2,1-3H3,(H,9,10). The second-order valence-corrected chi connectivity index (χ2v) is 7.84. The lowest BCUT2D eigenvalue weighted by Crippen LogP contribution is -2.37. The summed E-state index contributed by atoms with van der Waals surface area (Å²) in [6.07, 6.45) is 2.24. The Morgan fingerprint density at radius 2 is 2.00 bits per heavy atom. The molecule has 7 nitrogen and oxygen atoms in total. The number of aromatic nitrogens is 2. The minimum Gasteiger partial charge on any atom is -0.281 e. The molecule has 0 bridgehead atoms. The van der Waals surface area contributed by atoms with Crippen LogP contribution < -0.4 is 4.72 Å². The van der Waals surface area contributed by atoms with Crippen LogP contribution in [0, 0.1) is 6.92 Å². The van der Waals surface area contributed by atoms with E-state index in [1.54, 1.807) is 6.92 Å². The van der Waals surface area contributed by atoms with E-state index >= 15 is 0 Å². The predicted octanol–water partition coefficient (Wildman–Crippen LogP) is -0.570. The molecule has 1 unspecified atom stereocenters. The SMILES string of the molecule is Cc1[nH]ncc1S(=O)(=O)NC(C)CS(C)(=O)=O. The second kappa shape index (κ2) is 4.75. The van der Waals surface area contributed by atoms with E-state index in [-0.39, 0.29) is 10.6 Å². The molecule has 0 radical (unpaired) electrons. The molecule has 0 amide bonds. The van der Waals surface area contributed by atoms with Crippen LogP contribution >= 0.6 is 0 Å². The molecule has 0 aromatic carbocycles. The molecule has 1 heterocycles. The van der Waals surface area contributed by atoms with Gasteiger partial charge in [-0.05, 0) is 13.8 Å². The van der Waals surface area contributed by atoms with Crippen LogP contribution in [0.2, 0.25) is 0 Å². The Kier molecular flexibility index (Phi) is 3.95. The van der Waals surface area contributed by atoms with Crippen molar-refractivity contribution in [1.29, 1.82) is 0 Å². The fourth-order valence-electron chi connectivity index (χ4n) is 1.43. The number of sulfonamides is 1. The van der Waals surface area contributed by atoms with Crippen molar-refractivity contribution < 1.29 is 16.8 Å². The van der Waals surface area contributed by atoms with Crippen molar-refractivity contribution in [3.8, 4) is 0 Å². The van der Waals surface area contributed by atoms with Gasteiger partial charge in [-0.2, -0.15) is 5.10 Å². The van der Waals surface area contributed by atoms with Crippen LogP contribution in [-0.4, -0.2) is 45.1 Å². The maximum Gasteiger partial charge on any atom is 0.244 e. The second-order valence-electron chi connectivity index (χ2n) is 3.97. The van der Waals surface area contributed by atoms with E-state index < -0.39 is 25.9 Å². The Balaban J connectivity index is 2.85. The molecule has 0 saturated heterocycles. The number of hydrogen-bond donors (Lipinski definition) is 2. The number of nitrogens with one attached hydrogen (secondary N) is 2. The van der Waals surface area contributed by atoms with Gasteiger partial charge in [0.05, 0.1) is 17.6 Å². The van der Waals surface area contributed by atoms with Crippen molar-refractivity contribution in [2.45, 2.75) is 24.8 Å². The minimum absolute atomic E-state index is 0.0258. The monoisotopic (exact) mass is 281 g/mol. The number of H-pyrrole nitrogens is 1. The van der Waals surface area contributed by atoms with Gasteiger partial charge in [0, 0.05) is 12.3 Å². The summed E-state index contributed by atoms with van der Waals surface area (Å²) in [7, 11) is -6.95. The number of sulfone groups is 1. The zero-order valence-electron chi connectivity index (χ0n) is 9.76. The van der Waals surface area contributed by atoms with Crippen molar-refractivity contribution in [2.75, 3.05) is 12.0 Å². The zero-order chi connectivity index (χ0) is 13.3. The Bertz CT molecular complexity index is 588. The van der Waals surface area contributed by atoms with Gasteiger partial charge in [0.2, 0.25) is 10.0 Å². The normalized spacial score (nSPS) is 14.8. The summed E-state index contributed by atoms with van der Waals surface area (Å²) in [5, 5.41) is 6.12. The first-order valence-corrected chi connectivity index (χ1v) is 8.36. The zero-order valence-corrected chi connectivity index (χ0v) is 11.4. The number of aryl methyl sites for hydroxylation is 1. The highest BCUT2D eigenvalue weighted by Crippen LogP contribution is 2.11. The van der Waals surface area contributed by atoms with Gasteiger partial charge in [-0.15, -0.1) is 0 Å². The van der Waals surface area contributed by atoms with Gasteiger partial charge in [-0.1, -0.05) is 0 Å². The van der Waals surface area contributed by atoms with Crippen LogP contribution in [-0.2, 0) is 19.9 Å². The third-order valence-corrected chi connectivity index (χ3v) is 4.79. The van der Waals surface area contributed by atoms with Crippen molar-refractivity contribution in [2.24, 2.45) is 0 Å². The molecule has 0 spiro atoms. The molecule has 1 rings (SSSR count). The van der Waals surface area contributed by atoms with Crippen LogP contribution in [0.25, 0.3) is 0 Å². The summed E-state index contributed by atoms with van der Waals surface area (Å²) in [5.41, 5.74) is 0.407. The van der Waals surface area contributed by atoms with E-state index in [0.717, 1.165) is 6.26 Å². The average Bonchev–Trinajstić information content (AvgIpc) is 2.46. The van der Waals surface area contributed by atoms with E-state index in [4.69, 9.17) is 0 Å². The summed E-state index contributed by atoms with van der Waals surface area (Å²) in [4.78, 5) is 0.0258. The lowest BCUT2D eigenvalue weighted by atomic mass is 10.4. The predicted molar refractivity (Wildman–Crippen MR) is 62.8 cm³/mol. The molecular formula is C8H15N3O4S2. The van der Waals surface area contributed by atoms with Crippen molar-refractivity contribution in [3.63, 3.8) is 0 Å². The van der Waals surface area contributed by atoms with E-state index in [0.29, 0.717) is 5.69 Å². The first-order valence-electron chi connectivity index (χ1n) is 4.82. The van der Waals surface area contributed by atoms with Gasteiger partial charge in [0.15, 0.2) is 0 Å². The number of rotatable bonds is 5. The minimum atomic E-state index is -3.73. The van der Waals surface area contributed by atoms with Crippen LogP contribution in [0.5, 0.6) is 0 Å². The highest BCUT2D eigenvalue weighted by atomic mass is 32.2. The molecule has 0 aliphatic heterocycles. The average molecular weight is 281 g/mol. The molecule has 0 saturated carbocycles. The van der Waals surface area contributed by atoms with E-state index in [9.17, 15) is 16.8 Å². The highest BCUT2D eigenvalue weighted by Gasteiger charge is 2.22. The van der Waals surface area contributed by atoms with Gasteiger partial charge in [-0.3, -0.25) is 5.10 Å². The van der Waals surface area contributed by atoms with Gasteiger partial charge >= 0.3 is 0 Å². The van der Waals surface area contributed by atoms with Crippen LogP contribution in [0.4, 0.5) is 0 Å². The van der Waals surface area contributed by atoms with E-state index in [1.807, 2.05) is 0 Å². The van der Waals surface area contributed by atoms with Crippen LogP contribution in [0.3, 0.4) is 0 Å².